The third-order valence-electron chi connectivity index (χ3n) is 6.71. The zero-order chi connectivity index (χ0) is 22.3. The Morgan fingerprint density at radius 3 is 2.66 bits per heavy atom. The Morgan fingerprint density at radius 2 is 1.94 bits per heavy atom. The van der Waals surface area contributed by atoms with Gasteiger partial charge in [-0.05, 0) is 61.8 Å². The standard InChI is InChI=1S/C24H27ClFN3O2S/c25-22-13-27-9-8-19(22)21-12-24-20(11-23(21)26)17(7-10-28-32(30,31)18-5-6-18)15-29(24)14-16-3-1-2-4-16/h8-9,11-13,15-16,18,28H,1-7,10,14H2. The van der Waals surface area contributed by atoms with Gasteiger partial charge in [-0.2, -0.15) is 0 Å². The monoisotopic (exact) mass is 475 g/mol. The van der Waals surface area contributed by atoms with Crippen molar-refractivity contribution in [2.45, 2.75) is 56.7 Å². The minimum atomic E-state index is -3.23. The van der Waals surface area contributed by atoms with E-state index in [0.29, 0.717) is 35.0 Å². The van der Waals surface area contributed by atoms with Gasteiger partial charge in [0.2, 0.25) is 10.0 Å². The van der Waals surface area contributed by atoms with Gasteiger partial charge in [-0.25, -0.2) is 17.5 Å². The molecule has 0 bridgehead atoms. The summed E-state index contributed by atoms with van der Waals surface area (Å²) in [5, 5.41) is 1.01. The molecule has 0 saturated heterocycles. The molecule has 0 atom stereocenters. The number of nitrogens with zero attached hydrogens (tertiary/aromatic N) is 2. The van der Waals surface area contributed by atoms with E-state index in [4.69, 9.17) is 11.6 Å². The van der Waals surface area contributed by atoms with Crippen LogP contribution in [-0.4, -0.2) is 29.8 Å². The number of hydrogen-bond donors (Lipinski definition) is 1. The lowest BCUT2D eigenvalue weighted by Crippen LogP contribution is -2.29. The molecule has 8 heteroatoms. The fourth-order valence-corrected chi connectivity index (χ4v) is 6.43. The molecule has 0 amide bonds. The molecule has 2 saturated carbocycles. The molecule has 0 radical (unpaired) electrons. The highest BCUT2D eigenvalue weighted by Crippen LogP contribution is 2.35. The van der Waals surface area contributed by atoms with Crippen molar-refractivity contribution in [2.24, 2.45) is 5.92 Å². The average molecular weight is 476 g/mol. The molecule has 0 unspecified atom stereocenters. The lowest BCUT2D eigenvalue weighted by molar-refractivity contribution is 0.465. The second-order valence-electron chi connectivity index (χ2n) is 9.05. The number of pyridine rings is 1. The van der Waals surface area contributed by atoms with Crippen molar-refractivity contribution in [1.29, 1.82) is 0 Å². The Bertz CT molecular complexity index is 1250. The highest BCUT2D eigenvalue weighted by atomic mass is 35.5. The molecular formula is C24H27ClFN3O2S. The molecule has 32 heavy (non-hydrogen) atoms. The predicted molar refractivity (Wildman–Crippen MR) is 126 cm³/mol. The smallest absolute Gasteiger partial charge is 0.214 e. The van der Waals surface area contributed by atoms with Crippen molar-refractivity contribution in [1.82, 2.24) is 14.3 Å². The van der Waals surface area contributed by atoms with E-state index in [-0.39, 0.29) is 11.1 Å². The summed E-state index contributed by atoms with van der Waals surface area (Å²) in [6.45, 7) is 1.21. The fraction of sp³-hybridized carbons (Fsp3) is 0.458. The number of halogens is 2. The molecule has 2 aliphatic carbocycles. The molecule has 2 aliphatic rings. The first kappa shape index (κ1) is 21.9. The van der Waals surface area contributed by atoms with Gasteiger partial charge in [-0.3, -0.25) is 4.98 Å². The lowest BCUT2D eigenvalue weighted by atomic mass is 10.0. The van der Waals surface area contributed by atoms with Crippen LogP contribution in [0.2, 0.25) is 5.02 Å². The number of hydrogen-bond acceptors (Lipinski definition) is 3. The molecule has 170 valence electrons. The molecule has 2 aromatic heterocycles. The first-order valence-electron chi connectivity index (χ1n) is 11.3. The number of fused-ring (bicyclic) bond motifs is 1. The topological polar surface area (TPSA) is 64.0 Å². The van der Waals surface area contributed by atoms with Gasteiger partial charge in [0, 0.05) is 53.7 Å². The summed E-state index contributed by atoms with van der Waals surface area (Å²) >= 11 is 6.31. The number of aromatic nitrogens is 2. The van der Waals surface area contributed by atoms with E-state index in [1.165, 1.54) is 31.9 Å². The largest absolute Gasteiger partial charge is 0.347 e. The molecule has 0 aliphatic heterocycles. The maximum atomic E-state index is 15.2. The van der Waals surface area contributed by atoms with Crippen molar-refractivity contribution < 1.29 is 12.8 Å². The summed E-state index contributed by atoms with van der Waals surface area (Å²) in [5.41, 5.74) is 2.99. The summed E-state index contributed by atoms with van der Waals surface area (Å²) in [6, 6.07) is 5.17. The lowest BCUT2D eigenvalue weighted by Gasteiger charge is -2.13. The van der Waals surface area contributed by atoms with E-state index in [1.54, 1.807) is 18.3 Å². The Hall–Kier alpha value is -1.96. The number of nitrogens with one attached hydrogen (secondary N) is 1. The van der Waals surface area contributed by atoms with Crippen LogP contribution in [0, 0.1) is 11.7 Å². The van der Waals surface area contributed by atoms with Crippen LogP contribution in [0.15, 0.2) is 36.8 Å². The third kappa shape index (κ3) is 4.43. The SMILES string of the molecule is O=S(=O)(NCCc1cn(CC2CCCC2)c2cc(-c3ccncc3Cl)c(F)cc12)C1CC1. The minimum Gasteiger partial charge on any atom is -0.347 e. The van der Waals surface area contributed by atoms with Crippen LogP contribution in [0.5, 0.6) is 0 Å². The first-order valence-corrected chi connectivity index (χ1v) is 13.2. The van der Waals surface area contributed by atoms with Gasteiger partial charge in [-0.15, -0.1) is 0 Å². The van der Waals surface area contributed by atoms with Crippen LogP contribution < -0.4 is 4.72 Å². The first-order chi connectivity index (χ1) is 15.4. The van der Waals surface area contributed by atoms with Gasteiger partial charge < -0.3 is 4.57 Å². The van der Waals surface area contributed by atoms with Gasteiger partial charge in [0.05, 0.1) is 10.3 Å². The van der Waals surface area contributed by atoms with Crippen LogP contribution in [0.1, 0.15) is 44.1 Å². The van der Waals surface area contributed by atoms with Crippen LogP contribution in [0.25, 0.3) is 22.0 Å². The molecule has 1 aromatic carbocycles. The molecule has 2 fully saturated rings. The molecular weight excluding hydrogens is 449 g/mol. The third-order valence-corrected chi connectivity index (χ3v) is 8.96. The maximum absolute atomic E-state index is 15.2. The zero-order valence-electron chi connectivity index (χ0n) is 17.9. The van der Waals surface area contributed by atoms with E-state index < -0.39 is 10.0 Å². The van der Waals surface area contributed by atoms with Crippen molar-refractivity contribution >= 4 is 32.5 Å². The Labute approximate surface area is 193 Å². The van der Waals surface area contributed by atoms with Crippen LogP contribution in [0.4, 0.5) is 4.39 Å². The van der Waals surface area contributed by atoms with E-state index >= 15 is 4.39 Å². The zero-order valence-corrected chi connectivity index (χ0v) is 19.4. The van der Waals surface area contributed by atoms with E-state index in [0.717, 1.165) is 35.9 Å². The number of rotatable bonds is 8. The van der Waals surface area contributed by atoms with E-state index in [2.05, 4.69) is 20.5 Å². The van der Waals surface area contributed by atoms with E-state index in [1.807, 2.05) is 6.07 Å². The Kier molecular flexibility index (Phi) is 5.99. The quantitative estimate of drug-likeness (QED) is 0.480. The molecule has 0 spiro atoms. The van der Waals surface area contributed by atoms with Crippen LogP contribution in [-0.2, 0) is 23.0 Å². The summed E-state index contributed by atoms with van der Waals surface area (Å²) < 4.78 is 44.5. The summed E-state index contributed by atoms with van der Waals surface area (Å²) in [6.07, 6.45) is 12.1. The van der Waals surface area contributed by atoms with Gasteiger partial charge in [-0.1, -0.05) is 24.4 Å². The Morgan fingerprint density at radius 1 is 1.16 bits per heavy atom. The average Bonchev–Trinajstić information content (AvgIpc) is 3.43. The summed E-state index contributed by atoms with van der Waals surface area (Å²) in [5.74, 6) is 0.272. The van der Waals surface area contributed by atoms with Gasteiger partial charge >= 0.3 is 0 Å². The van der Waals surface area contributed by atoms with Crippen molar-refractivity contribution in [3.05, 3.63) is 53.2 Å². The second kappa shape index (κ2) is 8.76. The molecule has 1 N–H and O–H groups in total. The maximum Gasteiger partial charge on any atom is 0.214 e. The summed E-state index contributed by atoms with van der Waals surface area (Å²) in [7, 11) is -3.23. The van der Waals surface area contributed by atoms with E-state index in [9.17, 15) is 8.42 Å². The van der Waals surface area contributed by atoms with Crippen LogP contribution >= 0.6 is 11.6 Å². The van der Waals surface area contributed by atoms with Gasteiger partial charge in [0.25, 0.3) is 0 Å². The fourth-order valence-electron chi connectivity index (χ4n) is 4.83. The van der Waals surface area contributed by atoms with Crippen molar-refractivity contribution in [3.8, 4) is 11.1 Å². The van der Waals surface area contributed by atoms with Crippen LogP contribution in [0.3, 0.4) is 0 Å². The van der Waals surface area contributed by atoms with Crippen molar-refractivity contribution in [3.63, 3.8) is 0 Å². The predicted octanol–water partition coefficient (Wildman–Crippen LogP) is 5.31. The molecule has 2 heterocycles. The second-order valence-corrected chi connectivity index (χ2v) is 11.5. The minimum absolute atomic E-state index is 0.240. The highest BCUT2D eigenvalue weighted by molar-refractivity contribution is 7.90. The molecule has 3 aromatic rings. The van der Waals surface area contributed by atoms with Gasteiger partial charge in [0.15, 0.2) is 0 Å². The Balaban J connectivity index is 1.50. The molecule has 5 nitrogen and oxygen atoms in total. The number of sulfonamides is 1. The highest BCUT2D eigenvalue weighted by Gasteiger charge is 2.35. The normalized spacial score (nSPS) is 17.4. The summed E-state index contributed by atoms with van der Waals surface area (Å²) in [4.78, 5) is 4.01. The molecule has 5 rings (SSSR count). The van der Waals surface area contributed by atoms with Gasteiger partial charge in [0.1, 0.15) is 5.82 Å². The van der Waals surface area contributed by atoms with Crippen molar-refractivity contribution in [2.75, 3.05) is 6.54 Å². The number of benzene rings is 1.